The molecule has 6 nitrogen and oxygen atoms in total. The van der Waals surface area contributed by atoms with Crippen molar-refractivity contribution in [2.75, 3.05) is 6.61 Å². The van der Waals surface area contributed by atoms with Gasteiger partial charge in [0, 0.05) is 13.0 Å². The summed E-state index contributed by atoms with van der Waals surface area (Å²) in [6.45, 7) is 1.69. The number of carboxylic acids is 1. The first-order valence-electron chi connectivity index (χ1n) is 5.42. The molecule has 0 radical (unpaired) electrons. The molecule has 16 heavy (non-hydrogen) atoms. The number of hydrogen-bond donors (Lipinski definition) is 4. The van der Waals surface area contributed by atoms with Crippen LogP contribution in [0.3, 0.4) is 0 Å². The Morgan fingerprint density at radius 1 is 1.38 bits per heavy atom. The van der Waals surface area contributed by atoms with Crippen LogP contribution in [0, 0.1) is 0 Å². The smallest absolute Gasteiger partial charge is 0.326 e. The molecule has 0 spiro atoms. The van der Waals surface area contributed by atoms with Crippen molar-refractivity contribution in [3.8, 4) is 0 Å². The minimum absolute atomic E-state index is 0.0123. The van der Waals surface area contributed by atoms with E-state index in [-0.39, 0.29) is 13.0 Å². The Balaban J connectivity index is 4.12. The van der Waals surface area contributed by atoms with Gasteiger partial charge in [0.2, 0.25) is 5.91 Å². The Hall–Kier alpha value is -1.14. The summed E-state index contributed by atoms with van der Waals surface area (Å²) in [5.74, 6) is -1.64. The molecule has 1 amide bonds. The maximum atomic E-state index is 11.5. The van der Waals surface area contributed by atoms with E-state index in [0.717, 1.165) is 12.8 Å². The zero-order valence-electron chi connectivity index (χ0n) is 9.48. The van der Waals surface area contributed by atoms with Gasteiger partial charge in [0.25, 0.3) is 0 Å². The highest BCUT2D eigenvalue weighted by atomic mass is 16.4. The predicted molar refractivity (Wildman–Crippen MR) is 58.8 cm³/mol. The zero-order chi connectivity index (χ0) is 12.6. The average Bonchev–Trinajstić information content (AvgIpc) is 2.24. The second-order valence-corrected chi connectivity index (χ2v) is 3.66. The molecule has 5 N–H and O–H groups in total. The zero-order valence-corrected chi connectivity index (χ0v) is 9.48. The van der Waals surface area contributed by atoms with E-state index >= 15 is 0 Å². The van der Waals surface area contributed by atoms with E-state index in [1.165, 1.54) is 0 Å². The molecule has 6 heteroatoms. The van der Waals surface area contributed by atoms with Crippen LogP contribution in [0.4, 0.5) is 0 Å². The highest BCUT2D eigenvalue weighted by molar-refractivity contribution is 5.86. The summed E-state index contributed by atoms with van der Waals surface area (Å²) in [5.41, 5.74) is 5.58. The number of rotatable bonds is 8. The van der Waals surface area contributed by atoms with E-state index < -0.39 is 24.0 Å². The molecule has 0 saturated heterocycles. The Labute approximate surface area is 94.8 Å². The fourth-order valence-corrected chi connectivity index (χ4v) is 1.22. The third-order valence-electron chi connectivity index (χ3n) is 2.24. The van der Waals surface area contributed by atoms with Crippen LogP contribution in [0.2, 0.25) is 0 Å². The molecule has 2 atom stereocenters. The minimum Gasteiger partial charge on any atom is -0.480 e. The molecule has 0 aliphatic carbocycles. The van der Waals surface area contributed by atoms with Crippen LogP contribution in [-0.2, 0) is 9.59 Å². The molecule has 94 valence electrons. The number of nitrogens with one attached hydrogen (secondary N) is 1. The van der Waals surface area contributed by atoms with Gasteiger partial charge in [-0.1, -0.05) is 19.8 Å². The molecule has 0 rings (SSSR count). The lowest BCUT2D eigenvalue weighted by atomic mass is 10.1. The molecule has 0 aliphatic heterocycles. The Morgan fingerprint density at radius 3 is 2.44 bits per heavy atom. The van der Waals surface area contributed by atoms with Crippen molar-refractivity contribution in [1.82, 2.24) is 5.32 Å². The van der Waals surface area contributed by atoms with Gasteiger partial charge < -0.3 is 21.3 Å². The van der Waals surface area contributed by atoms with Gasteiger partial charge in [-0.15, -0.1) is 0 Å². The van der Waals surface area contributed by atoms with E-state index in [9.17, 15) is 9.59 Å². The van der Waals surface area contributed by atoms with Gasteiger partial charge in [-0.05, 0) is 6.42 Å². The van der Waals surface area contributed by atoms with Crippen LogP contribution >= 0.6 is 0 Å². The summed E-state index contributed by atoms with van der Waals surface area (Å²) >= 11 is 0. The molecule has 0 aliphatic rings. The number of carboxylic acid groups (broad SMARTS) is 1. The molecule has 0 aromatic heterocycles. The fraction of sp³-hybridized carbons (Fsp3) is 0.800. The van der Waals surface area contributed by atoms with Crippen LogP contribution in [0.25, 0.3) is 0 Å². The van der Waals surface area contributed by atoms with E-state index in [0.29, 0.717) is 6.42 Å². The van der Waals surface area contributed by atoms with Gasteiger partial charge >= 0.3 is 5.97 Å². The Bertz CT molecular complexity index is 233. The number of aliphatic carboxylic acids is 1. The molecular weight excluding hydrogens is 212 g/mol. The van der Waals surface area contributed by atoms with E-state index in [4.69, 9.17) is 15.9 Å². The Kier molecular flexibility index (Phi) is 7.49. The third-order valence-corrected chi connectivity index (χ3v) is 2.24. The molecule has 0 heterocycles. The molecule has 0 bridgehead atoms. The first-order valence-corrected chi connectivity index (χ1v) is 5.42. The van der Waals surface area contributed by atoms with Crippen molar-refractivity contribution in [3.63, 3.8) is 0 Å². The summed E-state index contributed by atoms with van der Waals surface area (Å²) in [6, 6.07) is -1.74. The maximum absolute atomic E-state index is 11.5. The van der Waals surface area contributed by atoms with E-state index in [1.54, 1.807) is 0 Å². The minimum atomic E-state index is -1.16. The van der Waals surface area contributed by atoms with Crippen molar-refractivity contribution in [2.24, 2.45) is 5.73 Å². The third kappa shape index (κ3) is 5.67. The van der Waals surface area contributed by atoms with Crippen molar-refractivity contribution in [2.45, 2.75) is 44.7 Å². The summed E-state index contributed by atoms with van der Waals surface area (Å²) in [6.07, 6.45) is 2.28. The van der Waals surface area contributed by atoms with E-state index in [2.05, 4.69) is 5.32 Å². The first kappa shape index (κ1) is 14.9. The summed E-state index contributed by atoms with van der Waals surface area (Å²) < 4.78 is 0. The van der Waals surface area contributed by atoms with Gasteiger partial charge in [0.1, 0.15) is 6.04 Å². The predicted octanol–water partition coefficient (Wildman–Crippen LogP) is -0.544. The van der Waals surface area contributed by atoms with Crippen molar-refractivity contribution in [1.29, 1.82) is 0 Å². The monoisotopic (exact) mass is 232 g/mol. The van der Waals surface area contributed by atoms with Crippen molar-refractivity contribution < 1.29 is 19.8 Å². The van der Waals surface area contributed by atoms with Gasteiger partial charge in [0.15, 0.2) is 0 Å². The highest BCUT2D eigenvalue weighted by Gasteiger charge is 2.22. The largest absolute Gasteiger partial charge is 0.480 e. The van der Waals surface area contributed by atoms with E-state index in [1.807, 2.05) is 6.92 Å². The van der Waals surface area contributed by atoms with Crippen molar-refractivity contribution >= 4 is 11.9 Å². The normalized spacial score (nSPS) is 14.2. The molecular formula is C10H20N2O4. The topological polar surface area (TPSA) is 113 Å². The number of amides is 1. The number of carbonyl (C=O) groups is 2. The Morgan fingerprint density at radius 2 is 2.00 bits per heavy atom. The number of carbonyl (C=O) groups excluding carboxylic acids is 1. The lowest BCUT2D eigenvalue weighted by Crippen LogP contribution is -2.48. The standard InChI is InChI=1S/C10H20N2O4/c1-2-3-4-7(11)9(14)12-8(5-6-13)10(15)16/h7-8,13H,2-6,11H2,1H3,(H,12,14)(H,15,16)/t7-,8+/m0/s1. The summed E-state index contributed by atoms with van der Waals surface area (Å²) in [5, 5.41) is 19.7. The quantitative estimate of drug-likeness (QED) is 0.449. The second-order valence-electron chi connectivity index (χ2n) is 3.66. The summed E-state index contributed by atoms with van der Waals surface area (Å²) in [7, 11) is 0. The highest BCUT2D eigenvalue weighted by Crippen LogP contribution is 2.00. The number of hydrogen-bond acceptors (Lipinski definition) is 4. The van der Waals surface area contributed by atoms with Gasteiger partial charge in [-0.2, -0.15) is 0 Å². The number of unbranched alkanes of at least 4 members (excludes halogenated alkanes) is 1. The second kappa shape index (κ2) is 8.06. The van der Waals surface area contributed by atoms with Crippen LogP contribution in [-0.4, -0.2) is 40.8 Å². The van der Waals surface area contributed by atoms with Crippen molar-refractivity contribution in [3.05, 3.63) is 0 Å². The number of aliphatic hydroxyl groups excluding tert-OH is 1. The number of aliphatic hydroxyl groups is 1. The molecule has 0 saturated carbocycles. The van der Waals surface area contributed by atoms with Crippen LogP contribution in [0.15, 0.2) is 0 Å². The fourth-order valence-electron chi connectivity index (χ4n) is 1.22. The SMILES string of the molecule is CCCC[C@H](N)C(=O)N[C@H](CCO)C(=O)O. The van der Waals surface area contributed by atoms with Crippen LogP contribution < -0.4 is 11.1 Å². The average molecular weight is 232 g/mol. The molecule has 0 unspecified atom stereocenters. The van der Waals surface area contributed by atoms with Gasteiger partial charge in [-0.3, -0.25) is 4.79 Å². The molecule has 0 fully saturated rings. The first-order chi connectivity index (χ1) is 7.52. The van der Waals surface area contributed by atoms with Crippen LogP contribution in [0.1, 0.15) is 32.6 Å². The lowest BCUT2D eigenvalue weighted by molar-refractivity contribution is -0.142. The maximum Gasteiger partial charge on any atom is 0.326 e. The number of nitrogens with two attached hydrogens (primary N) is 1. The van der Waals surface area contributed by atoms with Gasteiger partial charge in [0.05, 0.1) is 6.04 Å². The van der Waals surface area contributed by atoms with Crippen LogP contribution in [0.5, 0.6) is 0 Å². The molecule has 0 aromatic rings. The van der Waals surface area contributed by atoms with Gasteiger partial charge in [-0.25, -0.2) is 4.79 Å². The molecule has 0 aromatic carbocycles. The lowest BCUT2D eigenvalue weighted by Gasteiger charge is -2.16. The summed E-state index contributed by atoms with van der Waals surface area (Å²) in [4.78, 5) is 22.2.